The van der Waals surface area contributed by atoms with Gasteiger partial charge in [-0.05, 0) is 37.5 Å². The van der Waals surface area contributed by atoms with Crippen LogP contribution in [0, 0.1) is 17.7 Å². The maximum Gasteiger partial charge on any atom is 0.306 e. The molecule has 2 atom stereocenters. The Morgan fingerprint density at radius 1 is 1.32 bits per heavy atom. The van der Waals surface area contributed by atoms with Crippen LogP contribution in [0.25, 0.3) is 0 Å². The van der Waals surface area contributed by atoms with E-state index in [0.717, 1.165) is 0 Å². The molecule has 1 fully saturated rings. The summed E-state index contributed by atoms with van der Waals surface area (Å²) in [6.07, 6.45) is 1.28. The standard InChI is InChI=1S/C13H13ClFNO3/c14-9-3-4-10(15)11(6-9)16-12(17)7-1-2-8(5-7)13(18)19/h3-4,6-8H,1-2,5H2,(H,16,17)(H,18,19)/t7-,8+/m1/s1. The summed E-state index contributed by atoms with van der Waals surface area (Å²) in [7, 11) is 0. The fourth-order valence-electron chi connectivity index (χ4n) is 2.27. The predicted octanol–water partition coefficient (Wildman–Crippen LogP) is 2.92. The van der Waals surface area contributed by atoms with Gasteiger partial charge in [0.25, 0.3) is 0 Å². The van der Waals surface area contributed by atoms with Gasteiger partial charge in [0, 0.05) is 10.9 Å². The van der Waals surface area contributed by atoms with Crippen LogP contribution in [0.15, 0.2) is 18.2 Å². The number of carboxylic acid groups (broad SMARTS) is 1. The van der Waals surface area contributed by atoms with Gasteiger partial charge in [0.15, 0.2) is 0 Å². The van der Waals surface area contributed by atoms with E-state index in [1.807, 2.05) is 0 Å². The van der Waals surface area contributed by atoms with E-state index < -0.39 is 17.7 Å². The Balaban J connectivity index is 2.02. The summed E-state index contributed by atoms with van der Waals surface area (Å²) in [6.45, 7) is 0. The minimum absolute atomic E-state index is 0.0243. The van der Waals surface area contributed by atoms with E-state index in [1.54, 1.807) is 0 Å². The Hall–Kier alpha value is -1.62. The maximum atomic E-state index is 13.5. The fraction of sp³-hybridized carbons (Fsp3) is 0.385. The molecular weight excluding hydrogens is 273 g/mol. The first-order valence-electron chi connectivity index (χ1n) is 5.96. The number of nitrogens with one attached hydrogen (secondary N) is 1. The van der Waals surface area contributed by atoms with E-state index >= 15 is 0 Å². The zero-order valence-corrected chi connectivity index (χ0v) is 10.8. The lowest BCUT2D eigenvalue weighted by Crippen LogP contribution is -2.22. The molecule has 1 aliphatic rings. The van der Waals surface area contributed by atoms with Crippen molar-refractivity contribution in [3.63, 3.8) is 0 Å². The van der Waals surface area contributed by atoms with Crippen molar-refractivity contribution in [3.8, 4) is 0 Å². The average molecular weight is 286 g/mol. The number of rotatable bonds is 3. The average Bonchev–Trinajstić information content (AvgIpc) is 2.83. The van der Waals surface area contributed by atoms with Gasteiger partial charge in [-0.1, -0.05) is 11.6 Å². The van der Waals surface area contributed by atoms with Crippen LogP contribution >= 0.6 is 11.6 Å². The summed E-state index contributed by atoms with van der Waals surface area (Å²) in [4.78, 5) is 22.8. The van der Waals surface area contributed by atoms with Crippen molar-refractivity contribution in [1.29, 1.82) is 0 Å². The van der Waals surface area contributed by atoms with Gasteiger partial charge in [0.2, 0.25) is 5.91 Å². The van der Waals surface area contributed by atoms with Crippen LogP contribution in [-0.2, 0) is 9.59 Å². The first-order valence-corrected chi connectivity index (χ1v) is 6.34. The highest BCUT2D eigenvalue weighted by Gasteiger charge is 2.34. The molecule has 19 heavy (non-hydrogen) atoms. The van der Waals surface area contributed by atoms with Gasteiger partial charge in [-0.3, -0.25) is 9.59 Å². The van der Waals surface area contributed by atoms with E-state index in [2.05, 4.69) is 5.32 Å². The van der Waals surface area contributed by atoms with Gasteiger partial charge in [0.05, 0.1) is 11.6 Å². The molecule has 0 aliphatic heterocycles. The quantitative estimate of drug-likeness (QED) is 0.897. The topological polar surface area (TPSA) is 66.4 Å². The van der Waals surface area contributed by atoms with Gasteiger partial charge in [-0.2, -0.15) is 0 Å². The lowest BCUT2D eigenvalue weighted by atomic mass is 10.0. The number of hydrogen-bond donors (Lipinski definition) is 2. The molecule has 6 heteroatoms. The molecular formula is C13H13ClFNO3. The molecule has 0 aromatic heterocycles. The zero-order chi connectivity index (χ0) is 14.0. The zero-order valence-electron chi connectivity index (χ0n) is 10.0. The summed E-state index contributed by atoms with van der Waals surface area (Å²) >= 11 is 5.73. The first kappa shape index (κ1) is 13.8. The van der Waals surface area contributed by atoms with Gasteiger partial charge < -0.3 is 10.4 Å². The van der Waals surface area contributed by atoms with Crippen molar-refractivity contribution in [3.05, 3.63) is 29.0 Å². The SMILES string of the molecule is O=C(O)[C@H]1CC[C@@H](C(=O)Nc2cc(Cl)ccc2F)C1. The fourth-order valence-corrected chi connectivity index (χ4v) is 2.44. The molecule has 1 saturated carbocycles. The first-order chi connectivity index (χ1) is 8.97. The van der Waals surface area contributed by atoms with Gasteiger partial charge in [0.1, 0.15) is 5.82 Å². The second kappa shape index (κ2) is 5.57. The van der Waals surface area contributed by atoms with Crippen LogP contribution in [0.2, 0.25) is 5.02 Å². The second-order valence-electron chi connectivity index (χ2n) is 4.66. The Morgan fingerprint density at radius 2 is 2.00 bits per heavy atom. The lowest BCUT2D eigenvalue weighted by Gasteiger charge is -2.11. The Bertz CT molecular complexity index is 521. The van der Waals surface area contributed by atoms with Crippen molar-refractivity contribution in [1.82, 2.24) is 0 Å². The van der Waals surface area contributed by atoms with Crippen molar-refractivity contribution in [2.24, 2.45) is 11.8 Å². The minimum Gasteiger partial charge on any atom is -0.481 e. The summed E-state index contributed by atoms with van der Waals surface area (Å²) in [5, 5.41) is 11.7. The number of anilines is 1. The van der Waals surface area contributed by atoms with Gasteiger partial charge >= 0.3 is 5.97 Å². The normalized spacial score (nSPS) is 22.2. The molecule has 1 amide bonds. The summed E-state index contributed by atoms with van der Waals surface area (Å²) < 4.78 is 13.5. The van der Waals surface area contributed by atoms with Crippen LogP contribution in [0.3, 0.4) is 0 Å². The predicted molar refractivity (Wildman–Crippen MR) is 68.5 cm³/mol. The second-order valence-corrected chi connectivity index (χ2v) is 5.09. The molecule has 2 N–H and O–H groups in total. The Kier molecular flexibility index (Phi) is 4.04. The summed E-state index contributed by atoms with van der Waals surface area (Å²) in [5.74, 6) is -2.68. The molecule has 1 aromatic carbocycles. The lowest BCUT2D eigenvalue weighted by molar-refractivity contribution is -0.141. The molecule has 0 saturated heterocycles. The van der Waals surface area contributed by atoms with Crippen LogP contribution < -0.4 is 5.32 Å². The minimum atomic E-state index is -0.885. The molecule has 0 spiro atoms. The summed E-state index contributed by atoms with van der Waals surface area (Å²) in [5.41, 5.74) is 0.0243. The Labute approximate surface area is 114 Å². The molecule has 0 unspecified atom stereocenters. The molecule has 0 heterocycles. The molecule has 2 rings (SSSR count). The van der Waals surface area contributed by atoms with Crippen LogP contribution in [0.5, 0.6) is 0 Å². The van der Waals surface area contributed by atoms with E-state index in [4.69, 9.17) is 16.7 Å². The molecule has 0 bridgehead atoms. The third-order valence-electron chi connectivity index (χ3n) is 3.34. The number of carbonyl (C=O) groups is 2. The van der Waals surface area contributed by atoms with Crippen molar-refractivity contribution >= 4 is 29.2 Å². The van der Waals surface area contributed by atoms with Crippen molar-refractivity contribution < 1.29 is 19.1 Å². The number of halogens is 2. The van der Waals surface area contributed by atoms with E-state index in [-0.39, 0.29) is 17.5 Å². The van der Waals surface area contributed by atoms with Crippen LogP contribution in [0.4, 0.5) is 10.1 Å². The van der Waals surface area contributed by atoms with E-state index in [1.165, 1.54) is 18.2 Å². The number of amides is 1. The van der Waals surface area contributed by atoms with Gasteiger partial charge in [-0.25, -0.2) is 4.39 Å². The molecule has 4 nitrogen and oxygen atoms in total. The highest BCUT2D eigenvalue weighted by atomic mass is 35.5. The number of carboxylic acids is 1. The highest BCUT2D eigenvalue weighted by Crippen LogP contribution is 2.32. The van der Waals surface area contributed by atoms with Crippen LogP contribution in [-0.4, -0.2) is 17.0 Å². The molecule has 1 aliphatic carbocycles. The largest absolute Gasteiger partial charge is 0.481 e. The number of hydrogen-bond acceptors (Lipinski definition) is 2. The number of aliphatic carboxylic acids is 1. The monoisotopic (exact) mass is 285 g/mol. The molecule has 102 valence electrons. The van der Waals surface area contributed by atoms with Crippen molar-refractivity contribution in [2.45, 2.75) is 19.3 Å². The third kappa shape index (κ3) is 3.23. The molecule has 1 aromatic rings. The number of benzene rings is 1. The van der Waals surface area contributed by atoms with Crippen molar-refractivity contribution in [2.75, 3.05) is 5.32 Å². The molecule has 0 radical (unpaired) electrons. The summed E-state index contributed by atoms with van der Waals surface area (Å²) in [6, 6.07) is 3.90. The third-order valence-corrected chi connectivity index (χ3v) is 3.57. The van der Waals surface area contributed by atoms with E-state index in [9.17, 15) is 14.0 Å². The van der Waals surface area contributed by atoms with Crippen LogP contribution in [0.1, 0.15) is 19.3 Å². The van der Waals surface area contributed by atoms with Gasteiger partial charge in [-0.15, -0.1) is 0 Å². The maximum absolute atomic E-state index is 13.5. The van der Waals surface area contributed by atoms with E-state index in [0.29, 0.717) is 24.3 Å². The number of carbonyl (C=O) groups excluding carboxylic acids is 1. The smallest absolute Gasteiger partial charge is 0.306 e. The highest BCUT2D eigenvalue weighted by molar-refractivity contribution is 6.30. The Morgan fingerprint density at radius 3 is 2.63 bits per heavy atom.